The largest absolute Gasteiger partial charge is 0.496 e. The van der Waals surface area contributed by atoms with E-state index in [4.69, 9.17) is 42.0 Å². The predicted molar refractivity (Wildman–Crippen MR) is 94.2 cm³/mol. The molecule has 1 aromatic rings. The molecule has 23 heavy (non-hydrogen) atoms. The van der Waals surface area contributed by atoms with E-state index in [1.807, 2.05) is 40.7 Å². The van der Waals surface area contributed by atoms with Gasteiger partial charge in [-0.3, -0.25) is 0 Å². The first kappa shape index (κ1) is 18.9. The van der Waals surface area contributed by atoms with E-state index in [1.54, 1.807) is 6.07 Å². The van der Waals surface area contributed by atoms with E-state index >= 15 is 0 Å². The Balaban J connectivity index is 2.20. The highest BCUT2D eigenvalue weighted by Gasteiger charge is 2.52. The van der Waals surface area contributed by atoms with Crippen LogP contribution in [0.4, 0.5) is 0 Å². The first-order valence-electron chi connectivity index (χ1n) is 7.73. The highest BCUT2D eigenvalue weighted by Crippen LogP contribution is 2.38. The predicted octanol–water partition coefficient (Wildman–Crippen LogP) is 3.71. The van der Waals surface area contributed by atoms with Crippen LogP contribution in [-0.4, -0.2) is 38.1 Å². The molecule has 0 spiro atoms. The van der Waals surface area contributed by atoms with Gasteiger partial charge in [-0.25, -0.2) is 0 Å². The molecule has 1 aliphatic heterocycles. The smallest absolute Gasteiger partial charge is 0.491 e. The molecule has 0 amide bonds. The van der Waals surface area contributed by atoms with Crippen LogP contribution in [0.3, 0.4) is 0 Å². The van der Waals surface area contributed by atoms with Crippen LogP contribution in [-0.2, 0) is 14.0 Å². The van der Waals surface area contributed by atoms with Gasteiger partial charge in [0.15, 0.2) is 0 Å². The summed E-state index contributed by atoms with van der Waals surface area (Å²) in [5.74, 6) is 0.615. The summed E-state index contributed by atoms with van der Waals surface area (Å²) in [5, 5.41) is 0.826. The van der Waals surface area contributed by atoms with Crippen molar-refractivity contribution in [3.63, 3.8) is 0 Å². The van der Waals surface area contributed by atoms with Gasteiger partial charge in [-0.05, 0) is 40.7 Å². The van der Waals surface area contributed by atoms with E-state index in [2.05, 4.69) is 0 Å². The van der Waals surface area contributed by atoms with Crippen molar-refractivity contribution in [2.45, 2.75) is 45.8 Å². The van der Waals surface area contributed by atoms with Crippen LogP contribution < -0.4 is 10.2 Å². The normalized spacial score (nSPS) is 19.2. The number of hydrogen-bond donors (Lipinski definition) is 0. The zero-order chi connectivity index (χ0) is 17.3. The van der Waals surface area contributed by atoms with Gasteiger partial charge in [-0.15, -0.1) is 0 Å². The highest BCUT2D eigenvalue weighted by molar-refractivity contribution is 6.66. The van der Waals surface area contributed by atoms with E-state index in [9.17, 15) is 0 Å². The number of hydrogen-bond acceptors (Lipinski definition) is 4. The summed E-state index contributed by atoms with van der Waals surface area (Å²) in [6.07, 6.45) is 0. The molecule has 0 aromatic heterocycles. The maximum Gasteiger partial charge on any atom is 0.496 e. The standard InChI is InChI=1S/C16H23BCl2O4/c1-6-20-7-8-21-11-9-12(14(19)13(18)10-11)17-22-15(2,3)16(4,5)23-17/h9-10H,6-8H2,1-5H3. The van der Waals surface area contributed by atoms with E-state index in [-0.39, 0.29) is 0 Å². The van der Waals surface area contributed by atoms with Crippen LogP contribution in [0, 0.1) is 0 Å². The average Bonchev–Trinajstić information content (AvgIpc) is 2.67. The molecule has 0 unspecified atom stereocenters. The van der Waals surface area contributed by atoms with E-state index in [0.717, 1.165) is 0 Å². The molecule has 0 aliphatic carbocycles. The van der Waals surface area contributed by atoms with Crippen molar-refractivity contribution in [2.75, 3.05) is 19.8 Å². The minimum Gasteiger partial charge on any atom is -0.491 e. The van der Waals surface area contributed by atoms with Crippen LogP contribution in [0.2, 0.25) is 10.0 Å². The molecule has 1 heterocycles. The Morgan fingerprint density at radius 1 is 1.04 bits per heavy atom. The van der Waals surface area contributed by atoms with Crippen molar-refractivity contribution in [1.29, 1.82) is 0 Å². The zero-order valence-electron chi connectivity index (χ0n) is 14.2. The lowest BCUT2D eigenvalue weighted by molar-refractivity contribution is 0.00578. The maximum atomic E-state index is 6.34. The summed E-state index contributed by atoms with van der Waals surface area (Å²) in [6.45, 7) is 11.5. The van der Waals surface area contributed by atoms with Crippen LogP contribution in [0.5, 0.6) is 5.75 Å². The Labute approximate surface area is 148 Å². The topological polar surface area (TPSA) is 36.9 Å². The molecule has 2 rings (SSSR count). The Bertz CT molecular complexity index is 547. The van der Waals surface area contributed by atoms with Crippen LogP contribution in [0.25, 0.3) is 0 Å². The molecule has 0 radical (unpaired) electrons. The Hall–Kier alpha value is -0.455. The molecular formula is C16H23BCl2O4. The third-order valence-electron chi connectivity index (χ3n) is 4.24. The van der Waals surface area contributed by atoms with Crippen LogP contribution in [0.15, 0.2) is 12.1 Å². The van der Waals surface area contributed by atoms with Crippen molar-refractivity contribution in [2.24, 2.45) is 0 Å². The number of ether oxygens (including phenoxy) is 2. The molecule has 1 aromatic carbocycles. The van der Waals surface area contributed by atoms with Gasteiger partial charge in [-0.1, -0.05) is 23.2 Å². The van der Waals surface area contributed by atoms with E-state index < -0.39 is 18.3 Å². The van der Waals surface area contributed by atoms with Crippen molar-refractivity contribution in [3.8, 4) is 5.75 Å². The minimum absolute atomic E-state index is 0.408. The fraction of sp³-hybridized carbons (Fsp3) is 0.625. The monoisotopic (exact) mass is 360 g/mol. The van der Waals surface area contributed by atoms with Crippen molar-refractivity contribution < 1.29 is 18.8 Å². The summed E-state index contributed by atoms with van der Waals surface area (Å²) in [6, 6.07) is 3.49. The Morgan fingerprint density at radius 3 is 2.22 bits per heavy atom. The van der Waals surface area contributed by atoms with Crippen molar-refractivity contribution in [3.05, 3.63) is 22.2 Å². The summed E-state index contributed by atoms with van der Waals surface area (Å²) in [5.41, 5.74) is -0.220. The molecule has 7 heteroatoms. The maximum absolute atomic E-state index is 6.34. The minimum atomic E-state index is -0.583. The summed E-state index contributed by atoms with van der Waals surface area (Å²) in [7, 11) is -0.583. The molecule has 0 atom stereocenters. The van der Waals surface area contributed by atoms with Gasteiger partial charge in [0.05, 0.1) is 27.9 Å². The second-order valence-corrected chi connectivity index (χ2v) is 7.23. The van der Waals surface area contributed by atoms with Gasteiger partial charge in [0, 0.05) is 18.1 Å². The molecule has 0 N–H and O–H groups in total. The number of benzene rings is 1. The quantitative estimate of drug-likeness (QED) is 0.572. The molecule has 0 saturated carbocycles. The Kier molecular flexibility index (Phi) is 5.91. The van der Waals surface area contributed by atoms with E-state index in [0.29, 0.717) is 41.1 Å². The molecule has 1 saturated heterocycles. The SMILES string of the molecule is CCOCCOc1cc(Cl)c(Cl)c(B2OC(C)(C)C(C)(C)O2)c1. The van der Waals surface area contributed by atoms with Gasteiger partial charge in [-0.2, -0.15) is 0 Å². The lowest BCUT2D eigenvalue weighted by Crippen LogP contribution is -2.41. The van der Waals surface area contributed by atoms with Crippen LogP contribution in [0.1, 0.15) is 34.6 Å². The second kappa shape index (κ2) is 7.20. The molecule has 1 aliphatic rings. The molecular weight excluding hydrogens is 338 g/mol. The average molecular weight is 361 g/mol. The fourth-order valence-corrected chi connectivity index (χ4v) is 2.59. The lowest BCUT2D eigenvalue weighted by atomic mass is 9.79. The zero-order valence-corrected chi connectivity index (χ0v) is 15.8. The first-order chi connectivity index (χ1) is 10.7. The summed E-state index contributed by atoms with van der Waals surface area (Å²) < 4.78 is 23.0. The second-order valence-electron chi connectivity index (χ2n) is 6.44. The van der Waals surface area contributed by atoms with Crippen molar-refractivity contribution >= 4 is 35.8 Å². The molecule has 1 fully saturated rings. The lowest BCUT2D eigenvalue weighted by Gasteiger charge is -2.32. The van der Waals surface area contributed by atoms with Crippen molar-refractivity contribution in [1.82, 2.24) is 0 Å². The Morgan fingerprint density at radius 2 is 1.65 bits per heavy atom. The van der Waals surface area contributed by atoms with Gasteiger partial charge in [0.1, 0.15) is 12.4 Å². The van der Waals surface area contributed by atoms with Gasteiger partial charge >= 0.3 is 7.12 Å². The third-order valence-corrected chi connectivity index (χ3v) is 5.05. The van der Waals surface area contributed by atoms with E-state index in [1.165, 1.54) is 0 Å². The number of rotatable bonds is 6. The number of halogens is 2. The van der Waals surface area contributed by atoms with Crippen LogP contribution >= 0.6 is 23.2 Å². The van der Waals surface area contributed by atoms with Gasteiger partial charge in [0.2, 0.25) is 0 Å². The molecule has 0 bridgehead atoms. The highest BCUT2D eigenvalue weighted by atomic mass is 35.5. The first-order valence-corrected chi connectivity index (χ1v) is 8.48. The van der Waals surface area contributed by atoms with Gasteiger partial charge < -0.3 is 18.8 Å². The molecule has 4 nitrogen and oxygen atoms in total. The fourth-order valence-electron chi connectivity index (χ4n) is 2.17. The summed E-state index contributed by atoms with van der Waals surface area (Å²) in [4.78, 5) is 0. The van der Waals surface area contributed by atoms with Gasteiger partial charge in [0.25, 0.3) is 0 Å². The molecule has 128 valence electrons. The third kappa shape index (κ3) is 4.15. The summed E-state index contributed by atoms with van der Waals surface area (Å²) >= 11 is 12.6.